The summed E-state index contributed by atoms with van der Waals surface area (Å²) in [6.45, 7) is 1.75. The number of imide groups is 1. The SMILES string of the molecule is C[C@H](Sc1nnc2sc3ccccc3n12)C(=O)NC(=O)NC1CC1. The van der Waals surface area contributed by atoms with Gasteiger partial charge in [0.15, 0.2) is 5.16 Å². The van der Waals surface area contributed by atoms with E-state index in [1.54, 1.807) is 18.3 Å². The number of nitrogens with one attached hydrogen (secondary N) is 2. The highest BCUT2D eigenvalue weighted by Gasteiger charge is 2.26. The van der Waals surface area contributed by atoms with Crippen molar-refractivity contribution in [1.29, 1.82) is 0 Å². The van der Waals surface area contributed by atoms with Crippen molar-refractivity contribution in [1.82, 2.24) is 25.2 Å². The lowest BCUT2D eigenvalue weighted by Crippen LogP contribution is -2.43. The Kier molecular flexibility index (Phi) is 3.89. The molecule has 1 aromatic carbocycles. The molecule has 0 aliphatic heterocycles. The second-order valence-corrected chi connectivity index (χ2v) is 7.98. The number of urea groups is 1. The zero-order valence-electron chi connectivity index (χ0n) is 12.9. The molecule has 24 heavy (non-hydrogen) atoms. The molecular weight excluding hydrogens is 346 g/mol. The average Bonchev–Trinajstić information content (AvgIpc) is 3.16. The van der Waals surface area contributed by atoms with Crippen molar-refractivity contribution in [2.75, 3.05) is 0 Å². The first-order valence-electron chi connectivity index (χ1n) is 7.62. The minimum Gasteiger partial charge on any atom is -0.335 e. The number of carbonyl (C=O) groups excluding carboxylic acids is 2. The average molecular weight is 361 g/mol. The van der Waals surface area contributed by atoms with Crippen LogP contribution in [0.3, 0.4) is 0 Å². The van der Waals surface area contributed by atoms with E-state index in [1.165, 1.54) is 11.8 Å². The maximum absolute atomic E-state index is 12.2. The fourth-order valence-corrected chi connectivity index (χ4v) is 4.19. The molecular formula is C15H15N5O2S2. The molecule has 1 atom stereocenters. The number of fused-ring (bicyclic) bond motifs is 3. The van der Waals surface area contributed by atoms with Crippen LogP contribution in [0, 0.1) is 0 Å². The number of nitrogens with zero attached hydrogens (tertiary/aromatic N) is 3. The van der Waals surface area contributed by atoms with E-state index in [-0.39, 0.29) is 11.9 Å². The van der Waals surface area contributed by atoms with Crippen molar-refractivity contribution in [3.05, 3.63) is 24.3 Å². The van der Waals surface area contributed by atoms with E-state index < -0.39 is 11.3 Å². The third kappa shape index (κ3) is 2.96. The molecule has 3 aromatic rings. The maximum atomic E-state index is 12.2. The number of rotatable bonds is 4. The fourth-order valence-electron chi connectivity index (χ4n) is 2.31. The molecule has 0 unspecified atom stereocenters. The van der Waals surface area contributed by atoms with E-state index in [0.29, 0.717) is 5.16 Å². The molecule has 2 N–H and O–H groups in total. The van der Waals surface area contributed by atoms with Crippen LogP contribution in [0.25, 0.3) is 15.2 Å². The zero-order valence-corrected chi connectivity index (χ0v) is 14.5. The number of benzene rings is 1. The van der Waals surface area contributed by atoms with Gasteiger partial charge < -0.3 is 5.32 Å². The summed E-state index contributed by atoms with van der Waals surface area (Å²) < 4.78 is 3.06. The lowest BCUT2D eigenvalue weighted by Gasteiger charge is -2.10. The second kappa shape index (κ2) is 6.06. The van der Waals surface area contributed by atoms with Crippen molar-refractivity contribution >= 4 is 50.2 Å². The first kappa shape index (κ1) is 15.4. The van der Waals surface area contributed by atoms with Crippen LogP contribution in [0.5, 0.6) is 0 Å². The van der Waals surface area contributed by atoms with Crippen molar-refractivity contribution in [2.45, 2.75) is 36.2 Å². The van der Waals surface area contributed by atoms with Gasteiger partial charge in [0.1, 0.15) is 0 Å². The minimum atomic E-state index is -0.457. The van der Waals surface area contributed by atoms with E-state index >= 15 is 0 Å². The van der Waals surface area contributed by atoms with Gasteiger partial charge in [-0.1, -0.05) is 35.2 Å². The summed E-state index contributed by atoms with van der Waals surface area (Å²) in [5.74, 6) is -0.338. The largest absolute Gasteiger partial charge is 0.335 e. The van der Waals surface area contributed by atoms with E-state index in [2.05, 4.69) is 20.8 Å². The molecule has 2 heterocycles. The number of thioether (sulfide) groups is 1. The highest BCUT2D eigenvalue weighted by atomic mass is 32.2. The molecule has 124 valence electrons. The maximum Gasteiger partial charge on any atom is 0.321 e. The Labute approximate surface area is 145 Å². The van der Waals surface area contributed by atoms with Gasteiger partial charge in [0.05, 0.1) is 15.5 Å². The van der Waals surface area contributed by atoms with Crippen LogP contribution in [0.2, 0.25) is 0 Å². The van der Waals surface area contributed by atoms with Gasteiger partial charge in [0.25, 0.3) is 0 Å². The monoisotopic (exact) mass is 361 g/mol. The normalized spacial score (nSPS) is 15.5. The predicted octanol–water partition coefficient (Wildman–Crippen LogP) is 2.41. The third-order valence-corrected chi connectivity index (χ3v) is 5.77. The van der Waals surface area contributed by atoms with Gasteiger partial charge in [0.2, 0.25) is 10.9 Å². The molecule has 1 saturated carbocycles. The Morgan fingerprint density at radius 3 is 2.92 bits per heavy atom. The predicted molar refractivity (Wildman–Crippen MR) is 93.4 cm³/mol. The van der Waals surface area contributed by atoms with E-state index in [9.17, 15) is 9.59 Å². The number of thiazole rings is 1. The third-order valence-electron chi connectivity index (χ3n) is 3.71. The Balaban J connectivity index is 1.50. The van der Waals surface area contributed by atoms with Gasteiger partial charge in [0, 0.05) is 6.04 Å². The van der Waals surface area contributed by atoms with Gasteiger partial charge in [-0.05, 0) is 31.9 Å². The molecule has 3 amide bonds. The number of hydrogen-bond donors (Lipinski definition) is 2. The van der Waals surface area contributed by atoms with Gasteiger partial charge in [-0.2, -0.15) is 0 Å². The van der Waals surface area contributed by atoms with E-state index in [4.69, 9.17) is 0 Å². The van der Waals surface area contributed by atoms with E-state index in [0.717, 1.165) is 28.0 Å². The molecule has 7 nitrogen and oxygen atoms in total. The summed E-state index contributed by atoms with van der Waals surface area (Å²) in [5, 5.41) is 13.7. The first-order valence-corrected chi connectivity index (χ1v) is 9.32. The van der Waals surface area contributed by atoms with Crippen LogP contribution in [0.1, 0.15) is 19.8 Å². The van der Waals surface area contributed by atoms with Crippen molar-refractivity contribution in [2.24, 2.45) is 0 Å². The van der Waals surface area contributed by atoms with Crippen molar-refractivity contribution in [3.8, 4) is 0 Å². The molecule has 1 fully saturated rings. The van der Waals surface area contributed by atoms with E-state index in [1.807, 2.05) is 28.7 Å². The number of amides is 3. The van der Waals surface area contributed by atoms with Gasteiger partial charge in [-0.15, -0.1) is 10.2 Å². The lowest BCUT2D eigenvalue weighted by molar-refractivity contribution is -0.119. The lowest BCUT2D eigenvalue weighted by atomic mass is 10.3. The Bertz CT molecular complexity index is 930. The molecule has 1 aliphatic rings. The highest BCUT2D eigenvalue weighted by molar-refractivity contribution is 8.00. The zero-order chi connectivity index (χ0) is 16.7. The quantitative estimate of drug-likeness (QED) is 0.697. The molecule has 0 saturated heterocycles. The smallest absolute Gasteiger partial charge is 0.321 e. The fraction of sp³-hybridized carbons (Fsp3) is 0.333. The van der Waals surface area contributed by atoms with Gasteiger partial charge >= 0.3 is 6.03 Å². The first-order chi connectivity index (χ1) is 11.6. The number of aromatic nitrogens is 3. The Morgan fingerprint density at radius 1 is 1.33 bits per heavy atom. The van der Waals surface area contributed by atoms with Gasteiger partial charge in [-0.25, -0.2) is 4.79 Å². The molecule has 0 bridgehead atoms. The van der Waals surface area contributed by atoms with Crippen molar-refractivity contribution in [3.63, 3.8) is 0 Å². The summed E-state index contributed by atoms with van der Waals surface area (Å²) in [5.41, 5.74) is 1.02. The number of carbonyl (C=O) groups is 2. The van der Waals surface area contributed by atoms with Crippen molar-refractivity contribution < 1.29 is 9.59 Å². The molecule has 1 aliphatic carbocycles. The Morgan fingerprint density at radius 2 is 2.12 bits per heavy atom. The minimum absolute atomic E-state index is 0.217. The molecule has 9 heteroatoms. The number of hydrogen-bond acceptors (Lipinski definition) is 6. The molecule has 4 rings (SSSR count). The summed E-state index contributed by atoms with van der Waals surface area (Å²) in [6.07, 6.45) is 1.96. The van der Waals surface area contributed by atoms with Crippen LogP contribution in [-0.4, -0.2) is 37.8 Å². The summed E-state index contributed by atoms with van der Waals surface area (Å²) in [6, 6.07) is 7.76. The van der Waals surface area contributed by atoms with Gasteiger partial charge in [-0.3, -0.25) is 14.5 Å². The van der Waals surface area contributed by atoms with Crippen LogP contribution in [0.4, 0.5) is 4.79 Å². The summed E-state index contributed by atoms with van der Waals surface area (Å²) in [4.78, 5) is 24.6. The highest BCUT2D eigenvalue weighted by Crippen LogP contribution is 2.31. The Hall–Kier alpha value is -2.13. The molecule has 0 spiro atoms. The topological polar surface area (TPSA) is 88.4 Å². The van der Waals surface area contributed by atoms with Crippen LogP contribution in [0.15, 0.2) is 29.4 Å². The summed E-state index contributed by atoms with van der Waals surface area (Å²) >= 11 is 2.84. The van der Waals surface area contributed by atoms with Crippen LogP contribution >= 0.6 is 23.1 Å². The number of para-hydroxylation sites is 1. The van der Waals surface area contributed by atoms with Crippen LogP contribution < -0.4 is 10.6 Å². The summed E-state index contributed by atoms with van der Waals surface area (Å²) in [7, 11) is 0. The standard InChI is InChI=1S/C15H15N5O2S2/c1-8(12(21)17-13(22)16-9-6-7-9)23-14-18-19-15-20(14)10-4-2-3-5-11(10)24-15/h2-5,8-9H,6-7H2,1H3,(H2,16,17,21,22)/t8-/m0/s1. The second-order valence-electron chi connectivity index (χ2n) is 5.67. The van der Waals surface area contributed by atoms with Crippen LogP contribution in [-0.2, 0) is 4.79 Å². The molecule has 2 aromatic heterocycles. The molecule has 0 radical (unpaired) electrons.